The molecule has 0 bridgehead atoms. The van der Waals surface area contributed by atoms with Crippen LogP contribution in [0.3, 0.4) is 0 Å². The third-order valence-corrected chi connectivity index (χ3v) is 6.48. The molecule has 0 saturated carbocycles. The van der Waals surface area contributed by atoms with Crippen LogP contribution in [0.4, 0.5) is 20.6 Å². The van der Waals surface area contributed by atoms with Crippen LogP contribution in [-0.4, -0.2) is 38.9 Å². The number of rotatable bonds is 6. The molecule has 9 nitrogen and oxygen atoms in total. The molecule has 4 rings (SSSR count). The van der Waals surface area contributed by atoms with E-state index in [2.05, 4.69) is 9.44 Å². The van der Waals surface area contributed by atoms with Gasteiger partial charge in [0.2, 0.25) is 5.91 Å². The second-order valence-corrected chi connectivity index (χ2v) is 9.23. The molecule has 2 N–H and O–H groups in total. The molecule has 2 aromatic rings. The quantitative estimate of drug-likeness (QED) is 0.686. The van der Waals surface area contributed by atoms with E-state index in [9.17, 15) is 22.4 Å². The van der Waals surface area contributed by atoms with Gasteiger partial charge in [-0.25, -0.2) is 13.9 Å². The second-order valence-electron chi connectivity index (χ2n) is 7.61. The van der Waals surface area contributed by atoms with Gasteiger partial charge in [0, 0.05) is 42.9 Å². The Morgan fingerprint density at radius 1 is 1.16 bits per heavy atom. The van der Waals surface area contributed by atoms with Crippen molar-refractivity contribution in [1.29, 1.82) is 0 Å². The fourth-order valence-electron chi connectivity index (χ4n) is 3.75. The Balaban J connectivity index is 1.52. The molecular weight excluding hydrogens is 439 g/mol. The molecule has 2 aromatic carbocycles. The minimum atomic E-state index is -3.89. The minimum absolute atomic E-state index is 0.0456. The van der Waals surface area contributed by atoms with Crippen LogP contribution in [0.2, 0.25) is 0 Å². The van der Waals surface area contributed by atoms with Gasteiger partial charge >= 0.3 is 6.09 Å². The molecule has 0 unspecified atom stereocenters. The number of halogens is 1. The Kier molecular flexibility index (Phi) is 6.02. The third-order valence-electron chi connectivity index (χ3n) is 5.46. The summed E-state index contributed by atoms with van der Waals surface area (Å²) in [6, 6.07) is 9.55. The summed E-state index contributed by atoms with van der Waals surface area (Å²) >= 11 is 0. The van der Waals surface area contributed by atoms with Gasteiger partial charge in [0.15, 0.2) is 5.82 Å². The summed E-state index contributed by atoms with van der Waals surface area (Å²) in [6.45, 7) is 0.713. The Morgan fingerprint density at radius 3 is 2.72 bits per heavy atom. The van der Waals surface area contributed by atoms with Crippen LogP contribution >= 0.6 is 0 Å². The molecule has 2 aliphatic rings. The normalized spacial score (nSPS) is 16.6. The number of fused-ring (bicyclic) bond motifs is 1. The van der Waals surface area contributed by atoms with E-state index in [0.29, 0.717) is 24.4 Å². The average Bonchev–Trinajstić information content (AvgIpc) is 2.77. The van der Waals surface area contributed by atoms with Crippen LogP contribution in [-0.2, 0) is 28.1 Å². The summed E-state index contributed by atoms with van der Waals surface area (Å²) in [5, 5.41) is 0. The molecule has 1 saturated heterocycles. The zero-order valence-corrected chi connectivity index (χ0v) is 18.2. The van der Waals surface area contributed by atoms with Crippen LogP contribution in [0.25, 0.3) is 0 Å². The number of anilines is 2. The van der Waals surface area contributed by atoms with Crippen molar-refractivity contribution in [2.75, 3.05) is 23.2 Å². The molecule has 1 fully saturated rings. The maximum absolute atomic E-state index is 14.8. The number of ether oxygens (including phenoxy) is 1. The Hall–Kier alpha value is -3.18. The highest BCUT2D eigenvalue weighted by Gasteiger charge is 2.28. The predicted octanol–water partition coefficient (Wildman–Crippen LogP) is 2.73. The second kappa shape index (κ2) is 8.75. The molecule has 32 heavy (non-hydrogen) atoms. The third kappa shape index (κ3) is 4.53. The lowest BCUT2D eigenvalue weighted by Crippen LogP contribution is -2.37. The lowest BCUT2D eigenvalue weighted by molar-refractivity contribution is -0.119. The van der Waals surface area contributed by atoms with Crippen molar-refractivity contribution in [2.45, 2.75) is 32.4 Å². The zero-order chi connectivity index (χ0) is 22.9. The van der Waals surface area contributed by atoms with Crippen molar-refractivity contribution < 1.29 is 27.1 Å². The highest BCUT2D eigenvalue weighted by Crippen LogP contribution is 2.33. The summed E-state index contributed by atoms with van der Waals surface area (Å²) in [5.41, 5.74) is 1.33. The maximum Gasteiger partial charge on any atom is 0.415 e. The van der Waals surface area contributed by atoms with Gasteiger partial charge in [-0.2, -0.15) is 8.42 Å². The first kappa shape index (κ1) is 22.0. The first-order chi connectivity index (χ1) is 15.3. The van der Waals surface area contributed by atoms with Gasteiger partial charge in [-0.3, -0.25) is 14.4 Å². The standard InChI is InChI=1S/C21H23FN4O5S/c1-23-32(29,30)24-17-6-4-5-15(20(17)22)13-25-12-14-8-9-16(11-18(14)31-21(25)28)26-10-3-2-7-19(26)27/h4-6,8-9,11,23-24H,2-3,7,10,12-13H2,1H3. The highest BCUT2D eigenvalue weighted by molar-refractivity contribution is 7.90. The van der Waals surface area contributed by atoms with Crippen LogP contribution in [0.15, 0.2) is 36.4 Å². The lowest BCUT2D eigenvalue weighted by atomic mass is 10.1. The summed E-state index contributed by atoms with van der Waals surface area (Å²) in [4.78, 5) is 27.8. The number of carbonyl (C=O) groups is 2. The zero-order valence-electron chi connectivity index (χ0n) is 17.4. The Morgan fingerprint density at radius 2 is 1.97 bits per heavy atom. The van der Waals surface area contributed by atoms with Crippen molar-refractivity contribution in [3.8, 4) is 5.75 Å². The maximum atomic E-state index is 14.8. The fraction of sp³-hybridized carbons (Fsp3) is 0.333. The van der Waals surface area contributed by atoms with E-state index in [0.717, 1.165) is 18.4 Å². The number of benzene rings is 2. The molecule has 0 aliphatic carbocycles. The molecule has 0 radical (unpaired) electrons. The summed E-state index contributed by atoms with van der Waals surface area (Å²) in [5.74, 6) is -0.355. The van der Waals surface area contributed by atoms with E-state index in [1.54, 1.807) is 17.0 Å². The van der Waals surface area contributed by atoms with Gasteiger partial charge in [0.25, 0.3) is 10.2 Å². The summed E-state index contributed by atoms with van der Waals surface area (Å²) in [7, 11) is -2.68. The first-order valence-corrected chi connectivity index (χ1v) is 11.6. The molecule has 0 aromatic heterocycles. The Bertz CT molecular complexity index is 1170. The van der Waals surface area contributed by atoms with E-state index in [1.165, 1.54) is 30.1 Å². The molecule has 170 valence electrons. The van der Waals surface area contributed by atoms with Crippen LogP contribution < -0.4 is 19.1 Å². The number of hydrogen-bond donors (Lipinski definition) is 2. The highest BCUT2D eigenvalue weighted by atomic mass is 32.2. The predicted molar refractivity (Wildman–Crippen MR) is 116 cm³/mol. The molecular formula is C21H23FN4O5S. The molecule has 2 amide bonds. The van der Waals surface area contributed by atoms with Crippen LogP contribution in [0, 0.1) is 5.82 Å². The largest absolute Gasteiger partial charge is 0.415 e. The summed E-state index contributed by atoms with van der Waals surface area (Å²) in [6.07, 6.45) is 1.64. The SMILES string of the molecule is CNS(=O)(=O)Nc1cccc(CN2Cc3ccc(N4CCCCC4=O)cc3OC2=O)c1F. The molecule has 0 spiro atoms. The van der Waals surface area contributed by atoms with E-state index in [4.69, 9.17) is 4.74 Å². The van der Waals surface area contributed by atoms with E-state index >= 15 is 0 Å². The molecule has 11 heteroatoms. The topological polar surface area (TPSA) is 108 Å². The van der Waals surface area contributed by atoms with Gasteiger partial charge in [-0.05, 0) is 25.0 Å². The van der Waals surface area contributed by atoms with Crippen LogP contribution in [0.1, 0.15) is 30.4 Å². The average molecular weight is 463 g/mol. The number of nitrogens with one attached hydrogen (secondary N) is 2. The minimum Gasteiger partial charge on any atom is -0.410 e. The Labute approximate surface area is 185 Å². The van der Waals surface area contributed by atoms with E-state index in [1.807, 2.05) is 6.07 Å². The monoisotopic (exact) mass is 462 g/mol. The molecule has 2 heterocycles. The van der Waals surface area contributed by atoms with Crippen LogP contribution in [0.5, 0.6) is 5.75 Å². The number of amides is 2. The van der Waals surface area contributed by atoms with Gasteiger partial charge in [0.1, 0.15) is 5.75 Å². The number of carbonyl (C=O) groups excluding carboxylic acids is 2. The fourth-order valence-corrected chi connectivity index (χ4v) is 4.30. The molecule has 2 aliphatic heterocycles. The number of nitrogens with zero attached hydrogens (tertiary/aromatic N) is 2. The lowest BCUT2D eigenvalue weighted by Gasteiger charge is -2.31. The van der Waals surface area contributed by atoms with Gasteiger partial charge < -0.3 is 9.64 Å². The first-order valence-electron chi connectivity index (χ1n) is 10.2. The van der Waals surface area contributed by atoms with Crippen molar-refractivity contribution in [1.82, 2.24) is 9.62 Å². The number of piperidine rings is 1. The summed E-state index contributed by atoms with van der Waals surface area (Å²) < 4.78 is 47.8. The van der Waals surface area contributed by atoms with Crippen molar-refractivity contribution in [3.63, 3.8) is 0 Å². The van der Waals surface area contributed by atoms with Gasteiger partial charge in [-0.15, -0.1) is 0 Å². The van der Waals surface area contributed by atoms with Gasteiger partial charge in [0.05, 0.1) is 18.8 Å². The van der Waals surface area contributed by atoms with Crippen molar-refractivity contribution >= 4 is 33.6 Å². The van der Waals surface area contributed by atoms with Crippen molar-refractivity contribution in [2.24, 2.45) is 0 Å². The smallest absolute Gasteiger partial charge is 0.410 e. The number of hydrogen-bond acceptors (Lipinski definition) is 5. The molecule has 0 atom stereocenters. The van der Waals surface area contributed by atoms with E-state index < -0.39 is 22.1 Å². The van der Waals surface area contributed by atoms with Crippen molar-refractivity contribution in [3.05, 3.63) is 53.3 Å². The van der Waals surface area contributed by atoms with Gasteiger partial charge in [-0.1, -0.05) is 18.2 Å². The van der Waals surface area contributed by atoms with E-state index in [-0.39, 0.29) is 30.2 Å².